The van der Waals surface area contributed by atoms with Crippen LogP contribution in [0, 0.1) is 5.82 Å². The molecule has 3 aromatic rings. The second-order valence-electron chi connectivity index (χ2n) is 8.11. The number of hydrogen-bond donors (Lipinski definition) is 3. The highest BCUT2D eigenvalue weighted by Crippen LogP contribution is 2.32. The third kappa shape index (κ3) is 5.64. The average molecular weight is 485 g/mol. The van der Waals surface area contributed by atoms with Crippen LogP contribution in [-0.4, -0.2) is 55.6 Å². The van der Waals surface area contributed by atoms with Gasteiger partial charge in [-0.2, -0.15) is 0 Å². The highest BCUT2D eigenvalue weighted by atomic mass is 32.1. The number of thiazole rings is 1. The monoisotopic (exact) mass is 484 g/mol. The first-order valence-electron chi connectivity index (χ1n) is 10.9. The fourth-order valence-electron chi connectivity index (χ4n) is 4.00. The van der Waals surface area contributed by atoms with Crippen LogP contribution in [0.4, 0.5) is 4.39 Å². The number of hydrogen-bond acceptors (Lipinski definition) is 7. The first-order chi connectivity index (χ1) is 16.4. The second kappa shape index (κ2) is 10.8. The van der Waals surface area contributed by atoms with E-state index in [2.05, 4.69) is 15.3 Å². The summed E-state index contributed by atoms with van der Waals surface area (Å²) in [5.74, 6) is -1.97. The van der Waals surface area contributed by atoms with Gasteiger partial charge >= 0.3 is 0 Å². The maximum atomic E-state index is 13.2. The van der Waals surface area contributed by atoms with Gasteiger partial charge in [0.05, 0.1) is 18.3 Å². The zero-order valence-electron chi connectivity index (χ0n) is 18.3. The highest BCUT2D eigenvalue weighted by Gasteiger charge is 2.38. The zero-order chi connectivity index (χ0) is 24.1. The minimum absolute atomic E-state index is 0.0692. The Labute approximate surface area is 200 Å². The molecule has 0 aliphatic carbocycles. The number of pyridine rings is 1. The summed E-state index contributed by atoms with van der Waals surface area (Å²) in [5, 5.41) is 25.8. The molecule has 3 heterocycles. The van der Waals surface area contributed by atoms with Crippen molar-refractivity contribution < 1.29 is 24.2 Å². The predicted octanol–water partition coefficient (Wildman–Crippen LogP) is 1.97. The molecule has 8 nitrogen and oxygen atoms in total. The van der Waals surface area contributed by atoms with E-state index in [-0.39, 0.29) is 18.4 Å². The molecule has 0 saturated carbocycles. The Morgan fingerprint density at radius 1 is 1.15 bits per heavy atom. The number of carbonyl (C=O) groups excluding carboxylic acids is 2. The van der Waals surface area contributed by atoms with Crippen molar-refractivity contribution in [3.05, 3.63) is 81.8 Å². The molecule has 3 N–H and O–H groups in total. The van der Waals surface area contributed by atoms with Gasteiger partial charge in [0.15, 0.2) is 12.2 Å². The number of nitrogens with zero attached hydrogens (tertiary/aromatic N) is 3. The predicted molar refractivity (Wildman–Crippen MR) is 123 cm³/mol. The van der Waals surface area contributed by atoms with Crippen molar-refractivity contribution in [3.8, 4) is 0 Å². The van der Waals surface area contributed by atoms with Crippen LogP contribution in [0.25, 0.3) is 0 Å². The van der Waals surface area contributed by atoms with Gasteiger partial charge in [0.25, 0.3) is 11.8 Å². The van der Waals surface area contributed by atoms with E-state index >= 15 is 0 Å². The summed E-state index contributed by atoms with van der Waals surface area (Å²) in [5.41, 5.74) is 2.65. The first-order valence-corrected chi connectivity index (χ1v) is 11.8. The van der Waals surface area contributed by atoms with Crippen molar-refractivity contribution in [1.82, 2.24) is 20.2 Å². The Hall–Kier alpha value is -3.21. The molecule has 3 atom stereocenters. The van der Waals surface area contributed by atoms with Gasteiger partial charge in [-0.25, -0.2) is 9.37 Å². The molecule has 2 amide bonds. The average Bonchev–Trinajstić information content (AvgIpc) is 3.52. The molecule has 1 unspecified atom stereocenters. The summed E-state index contributed by atoms with van der Waals surface area (Å²) in [6, 6.07) is 9.28. The van der Waals surface area contributed by atoms with Crippen molar-refractivity contribution in [1.29, 1.82) is 0 Å². The second-order valence-corrected chi connectivity index (χ2v) is 9.06. The van der Waals surface area contributed by atoms with Crippen LogP contribution in [-0.2, 0) is 22.6 Å². The molecule has 2 aromatic heterocycles. The topological polar surface area (TPSA) is 116 Å². The Balaban J connectivity index is 1.31. The van der Waals surface area contributed by atoms with Gasteiger partial charge in [-0.05, 0) is 48.2 Å². The number of likely N-dealkylation sites (tertiary alicyclic amines) is 1. The van der Waals surface area contributed by atoms with Gasteiger partial charge in [0.2, 0.25) is 0 Å². The Bertz CT molecular complexity index is 1130. The van der Waals surface area contributed by atoms with Crippen LogP contribution in [0.15, 0.2) is 54.2 Å². The summed E-state index contributed by atoms with van der Waals surface area (Å²) in [7, 11) is 0. The van der Waals surface area contributed by atoms with Crippen molar-refractivity contribution in [3.63, 3.8) is 0 Å². The lowest BCUT2D eigenvalue weighted by molar-refractivity contribution is -0.153. The van der Waals surface area contributed by atoms with Gasteiger partial charge < -0.3 is 20.4 Å². The van der Waals surface area contributed by atoms with E-state index < -0.39 is 24.0 Å². The molecule has 0 spiro atoms. The standard InChI is InChI=1S/C24H25FN4O4S/c25-17-5-3-16(4-6-17)19-2-1-11-29(19)24(33)22(31)21(30)23(32)27-13-20-28-18(14-34-20)12-15-7-9-26-10-8-15/h3-10,14,19,21-22,30-31H,1-2,11-13H2,(H,27,32)/t19?,21-,22-/m1/s1. The molecule has 1 aliphatic heterocycles. The van der Waals surface area contributed by atoms with Gasteiger partial charge in [-0.1, -0.05) is 12.1 Å². The third-order valence-electron chi connectivity index (χ3n) is 5.76. The smallest absolute Gasteiger partial charge is 0.255 e. The normalized spacial score (nSPS) is 17.4. The van der Waals surface area contributed by atoms with Crippen LogP contribution in [0.5, 0.6) is 0 Å². The minimum Gasteiger partial charge on any atom is -0.380 e. The molecular formula is C24H25FN4O4S. The van der Waals surface area contributed by atoms with Crippen molar-refractivity contribution >= 4 is 23.2 Å². The molecule has 1 aliphatic rings. The van der Waals surface area contributed by atoms with Gasteiger partial charge in [0.1, 0.15) is 10.8 Å². The fraction of sp³-hybridized carbons (Fsp3) is 0.333. The Morgan fingerprint density at radius 2 is 1.88 bits per heavy atom. The molecule has 1 fully saturated rings. The lowest BCUT2D eigenvalue weighted by Crippen LogP contribution is -2.50. The van der Waals surface area contributed by atoms with Crippen molar-refractivity contribution in [2.75, 3.05) is 6.54 Å². The van der Waals surface area contributed by atoms with Crippen molar-refractivity contribution in [2.45, 2.75) is 44.1 Å². The molecule has 34 heavy (non-hydrogen) atoms. The summed E-state index contributed by atoms with van der Waals surface area (Å²) < 4.78 is 13.2. The van der Waals surface area contributed by atoms with Crippen LogP contribution >= 0.6 is 11.3 Å². The quantitative estimate of drug-likeness (QED) is 0.450. The van der Waals surface area contributed by atoms with Crippen molar-refractivity contribution in [2.24, 2.45) is 0 Å². The van der Waals surface area contributed by atoms with Gasteiger partial charge in [-0.15, -0.1) is 11.3 Å². The lowest BCUT2D eigenvalue weighted by Gasteiger charge is -2.28. The van der Waals surface area contributed by atoms with Crippen LogP contribution in [0.2, 0.25) is 0 Å². The molecule has 1 saturated heterocycles. The van der Waals surface area contributed by atoms with E-state index in [1.807, 2.05) is 17.5 Å². The summed E-state index contributed by atoms with van der Waals surface area (Å²) in [4.78, 5) is 35.1. The third-order valence-corrected chi connectivity index (χ3v) is 6.66. The number of nitrogens with one attached hydrogen (secondary N) is 1. The zero-order valence-corrected chi connectivity index (χ0v) is 19.1. The number of halogens is 1. The highest BCUT2D eigenvalue weighted by molar-refractivity contribution is 7.09. The van der Waals surface area contributed by atoms with Gasteiger partial charge in [-0.3, -0.25) is 14.6 Å². The van der Waals surface area contributed by atoms with E-state index in [9.17, 15) is 24.2 Å². The number of aliphatic hydroxyl groups excluding tert-OH is 2. The van der Waals surface area contributed by atoms with Crippen LogP contribution in [0.1, 0.15) is 40.7 Å². The van der Waals surface area contributed by atoms with Gasteiger partial charge in [0, 0.05) is 30.7 Å². The summed E-state index contributed by atoms with van der Waals surface area (Å²) in [6.45, 7) is 0.450. The molecule has 178 valence electrons. The number of benzene rings is 1. The number of carbonyl (C=O) groups is 2. The number of rotatable bonds is 8. The Kier molecular flexibility index (Phi) is 7.61. The molecular weight excluding hydrogens is 459 g/mol. The maximum Gasteiger partial charge on any atom is 0.255 e. The maximum absolute atomic E-state index is 13.2. The SMILES string of the molecule is O=C(NCc1nc(Cc2ccncc2)cs1)[C@H](O)[C@@H](O)C(=O)N1CCCC1c1ccc(F)cc1. The van der Waals surface area contributed by atoms with Crippen LogP contribution < -0.4 is 5.32 Å². The number of amides is 2. The van der Waals surface area contributed by atoms with Crippen LogP contribution in [0.3, 0.4) is 0 Å². The molecule has 0 radical (unpaired) electrons. The van der Waals surface area contributed by atoms with E-state index in [1.165, 1.54) is 28.4 Å². The van der Waals surface area contributed by atoms with E-state index in [0.29, 0.717) is 30.8 Å². The molecule has 4 rings (SSSR count). The number of aromatic nitrogens is 2. The minimum atomic E-state index is -1.92. The van der Waals surface area contributed by atoms with E-state index in [4.69, 9.17) is 0 Å². The number of aliphatic hydroxyl groups is 2. The first kappa shape index (κ1) is 23.9. The van der Waals surface area contributed by atoms with E-state index in [0.717, 1.165) is 16.8 Å². The fourth-order valence-corrected chi connectivity index (χ4v) is 4.73. The largest absolute Gasteiger partial charge is 0.380 e. The molecule has 10 heteroatoms. The molecule has 1 aromatic carbocycles. The lowest BCUT2D eigenvalue weighted by atomic mass is 10.0. The molecule has 0 bridgehead atoms. The Morgan fingerprint density at radius 3 is 2.62 bits per heavy atom. The summed E-state index contributed by atoms with van der Waals surface area (Å²) in [6.07, 6.45) is 1.58. The summed E-state index contributed by atoms with van der Waals surface area (Å²) >= 11 is 1.37. The van der Waals surface area contributed by atoms with E-state index in [1.54, 1.807) is 24.5 Å².